The van der Waals surface area contributed by atoms with E-state index in [2.05, 4.69) is 11.8 Å². The van der Waals surface area contributed by atoms with E-state index in [4.69, 9.17) is 5.73 Å². The van der Waals surface area contributed by atoms with Crippen molar-refractivity contribution in [2.75, 3.05) is 19.6 Å². The minimum atomic E-state index is -4.07. The fourth-order valence-corrected chi connectivity index (χ4v) is 3.84. The lowest BCUT2D eigenvalue weighted by Crippen LogP contribution is -2.59. The van der Waals surface area contributed by atoms with Crippen LogP contribution in [0.5, 0.6) is 0 Å². The van der Waals surface area contributed by atoms with Gasteiger partial charge < -0.3 is 5.73 Å². The summed E-state index contributed by atoms with van der Waals surface area (Å²) in [5.74, 6) is -0.592. The van der Waals surface area contributed by atoms with Crippen molar-refractivity contribution in [1.29, 1.82) is 0 Å². The average molecular weight is 278 g/mol. The highest BCUT2D eigenvalue weighted by Crippen LogP contribution is 2.44. The molecular formula is C14H25F3N2. The third-order valence-electron chi connectivity index (χ3n) is 4.99. The van der Waals surface area contributed by atoms with E-state index in [1.54, 1.807) is 0 Å². The molecule has 19 heavy (non-hydrogen) atoms. The predicted octanol–water partition coefficient (Wildman–Crippen LogP) is 3.17. The number of nitrogens with two attached hydrogens (primary N) is 1. The first-order valence-corrected chi connectivity index (χ1v) is 7.39. The van der Waals surface area contributed by atoms with Gasteiger partial charge in [0.1, 0.15) is 0 Å². The molecule has 2 N–H and O–H groups in total. The molecule has 5 heteroatoms. The van der Waals surface area contributed by atoms with Crippen LogP contribution in [0.4, 0.5) is 13.2 Å². The van der Waals surface area contributed by atoms with Gasteiger partial charge in [-0.25, -0.2) is 0 Å². The van der Waals surface area contributed by atoms with Gasteiger partial charge in [-0.2, -0.15) is 13.2 Å². The third-order valence-corrected chi connectivity index (χ3v) is 4.99. The molecule has 1 aliphatic carbocycles. The van der Waals surface area contributed by atoms with Gasteiger partial charge in [-0.3, -0.25) is 4.90 Å². The smallest absolute Gasteiger partial charge is 0.329 e. The van der Waals surface area contributed by atoms with Gasteiger partial charge in [-0.05, 0) is 44.6 Å². The zero-order chi connectivity index (χ0) is 14.1. The fourth-order valence-electron chi connectivity index (χ4n) is 3.84. The Morgan fingerprint density at radius 2 is 2.00 bits per heavy atom. The van der Waals surface area contributed by atoms with E-state index in [0.717, 1.165) is 25.9 Å². The molecule has 0 bridgehead atoms. The highest BCUT2D eigenvalue weighted by Gasteiger charge is 2.49. The lowest BCUT2D eigenvalue weighted by Gasteiger charge is -2.51. The zero-order valence-corrected chi connectivity index (χ0v) is 11.7. The van der Waals surface area contributed by atoms with Gasteiger partial charge in [0.25, 0.3) is 0 Å². The fraction of sp³-hybridized carbons (Fsp3) is 1.00. The number of likely N-dealkylation sites (tertiary alicyclic amines) is 1. The molecule has 2 rings (SSSR count). The maximum absolute atomic E-state index is 13.0. The molecule has 1 saturated carbocycles. The number of hydrogen-bond acceptors (Lipinski definition) is 2. The van der Waals surface area contributed by atoms with Crippen LogP contribution in [0.1, 0.15) is 45.4 Å². The number of rotatable bonds is 2. The molecule has 2 aliphatic rings. The number of nitrogens with zero attached hydrogens (tertiary/aromatic N) is 1. The maximum atomic E-state index is 13.0. The van der Waals surface area contributed by atoms with E-state index < -0.39 is 17.6 Å². The molecule has 2 nitrogen and oxygen atoms in total. The SMILES string of the molecule is CC1CCCN(C2(CN)CCCC(C(F)(F)F)C2)C1. The van der Waals surface area contributed by atoms with Gasteiger partial charge in [0.2, 0.25) is 0 Å². The summed E-state index contributed by atoms with van der Waals surface area (Å²) >= 11 is 0. The second-order valence-corrected chi connectivity index (χ2v) is 6.46. The van der Waals surface area contributed by atoms with Crippen LogP contribution >= 0.6 is 0 Å². The molecule has 1 saturated heterocycles. The normalized spacial score (nSPS) is 38.4. The molecule has 0 spiro atoms. The van der Waals surface area contributed by atoms with E-state index in [-0.39, 0.29) is 12.8 Å². The topological polar surface area (TPSA) is 29.3 Å². The minimum Gasteiger partial charge on any atom is -0.329 e. The van der Waals surface area contributed by atoms with Crippen molar-refractivity contribution < 1.29 is 13.2 Å². The Labute approximate surface area is 113 Å². The summed E-state index contributed by atoms with van der Waals surface area (Å²) in [6.45, 7) is 4.35. The van der Waals surface area contributed by atoms with Crippen LogP contribution in [0.15, 0.2) is 0 Å². The van der Waals surface area contributed by atoms with Crippen molar-refractivity contribution in [2.45, 2.75) is 57.2 Å². The summed E-state index contributed by atoms with van der Waals surface area (Å²) in [6.07, 6.45) is 0.130. The second kappa shape index (κ2) is 5.60. The summed E-state index contributed by atoms with van der Waals surface area (Å²) in [7, 11) is 0. The van der Waals surface area contributed by atoms with Crippen LogP contribution < -0.4 is 5.73 Å². The van der Waals surface area contributed by atoms with E-state index >= 15 is 0 Å². The molecule has 0 aromatic heterocycles. The van der Waals surface area contributed by atoms with Crippen molar-refractivity contribution in [3.8, 4) is 0 Å². The van der Waals surface area contributed by atoms with E-state index in [0.29, 0.717) is 18.9 Å². The van der Waals surface area contributed by atoms with E-state index in [1.165, 1.54) is 6.42 Å². The highest BCUT2D eigenvalue weighted by molar-refractivity contribution is 4.99. The largest absolute Gasteiger partial charge is 0.391 e. The molecule has 3 atom stereocenters. The predicted molar refractivity (Wildman–Crippen MR) is 69.8 cm³/mol. The molecule has 2 fully saturated rings. The summed E-state index contributed by atoms with van der Waals surface area (Å²) in [6, 6.07) is 0. The van der Waals surface area contributed by atoms with Gasteiger partial charge in [-0.15, -0.1) is 0 Å². The molecule has 0 aromatic carbocycles. The Kier molecular flexibility index (Phi) is 4.45. The van der Waals surface area contributed by atoms with Crippen LogP contribution in [0, 0.1) is 11.8 Å². The molecule has 1 aliphatic heterocycles. The Morgan fingerprint density at radius 1 is 1.26 bits per heavy atom. The molecule has 0 aromatic rings. The first-order valence-electron chi connectivity index (χ1n) is 7.39. The quantitative estimate of drug-likeness (QED) is 0.840. The standard InChI is InChI=1S/C14H25F3N2/c1-11-4-3-7-19(9-11)13(10-18)6-2-5-12(8-13)14(15,16)17/h11-12H,2-10,18H2,1H3. The van der Waals surface area contributed by atoms with Crippen molar-refractivity contribution in [3.63, 3.8) is 0 Å². The lowest BCUT2D eigenvalue weighted by molar-refractivity contribution is -0.194. The number of halogens is 3. The number of hydrogen-bond donors (Lipinski definition) is 1. The molecular weight excluding hydrogens is 253 g/mol. The van der Waals surface area contributed by atoms with Crippen molar-refractivity contribution in [1.82, 2.24) is 4.90 Å². The molecule has 112 valence electrons. The molecule has 1 heterocycles. The van der Waals surface area contributed by atoms with Crippen molar-refractivity contribution in [3.05, 3.63) is 0 Å². The summed E-state index contributed by atoms with van der Waals surface area (Å²) in [5, 5.41) is 0. The summed E-state index contributed by atoms with van der Waals surface area (Å²) in [4.78, 5) is 2.26. The van der Waals surface area contributed by atoms with Crippen LogP contribution in [0.3, 0.4) is 0 Å². The Balaban J connectivity index is 2.12. The molecule has 0 amide bonds. The third kappa shape index (κ3) is 3.24. The van der Waals surface area contributed by atoms with Gasteiger partial charge in [0, 0.05) is 18.6 Å². The van der Waals surface area contributed by atoms with Crippen LogP contribution in [-0.4, -0.2) is 36.2 Å². The van der Waals surface area contributed by atoms with Crippen molar-refractivity contribution >= 4 is 0 Å². The van der Waals surface area contributed by atoms with Gasteiger partial charge in [-0.1, -0.05) is 13.3 Å². The number of alkyl halides is 3. The van der Waals surface area contributed by atoms with Crippen molar-refractivity contribution in [2.24, 2.45) is 17.6 Å². The van der Waals surface area contributed by atoms with Crippen LogP contribution in [0.25, 0.3) is 0 Å². The van der Waals surface area contributed by atoms with E-state index in [1.807, 2.05) is 0 Å². The number of piperidine rings is 1. The average Bonchev–Trinajstić information content (AvgIpc) is 2.38. The minimum absolute atomic E-state index is 0.194. The first kappa shape index (κ1) is 15.1. The summed E-state index contributed by atoms with van der Waals surface area (Å²) < 4.78 is 39.0. The Bertz CT molecular complexity index is 306. The van der Waals surface area contributed by atoms with Gasteiger partial charge >= 0.3 is 6.18 Å². The van der Waals surface area contributed by atoms with E-state index in [9.17, 15) is 13.2 Å². The highest BCUT2D eigenvalue weighted by atomic mass is 19.4. The summed E-state index contributed by atoms with van der Waals surface area (Å²) in [5.41, 5.74) is 5.50. The van der Waals surface area contributed by atoms with Gasteiger partial charge in [0.05, 0.1) is 5.92 Å². The zero-order valence-electron chi connectivity index (χ0n) is 11.7. The first-order chi connectivity index (χ1) is 8.87. The maximum Gasteiger partial charge on any atom is 0.391 e. The second-order valence-electron chi connectivity index (χ2n) is 6.46. The monoisotopic (exact) mass is 278 g/mol. The van der Waals surface area contributed by atoms with Gasteiger partial charge in [0.15, 0.2) is 0 Å². The van der Waals surface area contributed by atoms with Crippen LogP contribution in [0.2, 0.25) is 0 Å². The van der Waals surface area contributed by atoms with Crippen LogP contribution in [-0.2, 0) is 0 Å². The lowest BCUT2D eigenvalue weighted by atomic mass is 9.73. The molecule has 0 radical (unpaired) electrons. The Hall–Kier alpha value is -0.290. The molecule has 3 unspecified atom stereocenters. The Morgan fingerprint density at radius 3 is 2.58 bits per heavy atom.